The molecule has 0 amide bonds. The van der Waals surface area contributed by atoms with Gasteiger partial charge in [0, 0.05) is 52.9 Å². The SMILES string of the molecule is CCCCCCOc1ccc(C2(c3ccc(OCCCCCC)cc3)c3cc4c(cc3-c3sc(-c5cc(CCCCCC)c(/C=C6\C(=O)c7ccccc7C6=C(C#N)C#N)cc5CCCCCC)cc32)C(c2ccc(OCCCCCC)cc2)(c2ccc(OCCCCCC)cc2)c2cc(-c3cc(CCCCCC)c(/C=C5\C(=O)c6ccccc6C5=C(C#N)C#N)cc3CCCCCC)sc2-4)cc1. The van der Waals surface area contributed by atoms with Gasteiger partial charge >= 0.3 is 0 Å². The summed E-state index contributed by atoms with van der Waals surface area (Å²) in [6.45, 7) is 20.5. The molecule has 10 nitrogen and oxygen atoms in total. The molecular weight excluding hydrogens is 1730 g/mol. The minimum Gasteiger partial charge on any atom is -0.494 e. The van der Waals surface area contributed by atoms with Crippen LogP contribution in [0.2, 0.25) is 0 Å². The Hall–Kier alpha value is -12.2. The van der Waals surface area contributed by atoms with Crippen LogP contribution in [-0.4, -0.2) is 38.0 Å². The Bertz CT molecular complexity index is 5880. The fourth-order valence-corrected chi connectivity index (χ4v) is 24.1. The Balaban J connectivity index is 1.04. The van der Waals surface area contributed by atoms with Crippen molar-refractivity contribution in [1.82, 2.24) is 0 Å². The maximum absolute atomic E-state index is 15.1. The lowest BCUT2D eigenvalue weighted by Crippen LogP contribution is -2.30. The summed E-state index contributed by atoms with van der Waals surface area (Å²) in [5.41, 5.74) is 22.1. The maximum atomic E-state index is 15.1. The molecule has 2 heterocycles. The van der Waals surface area contributed by atoms with Crippen LogP contribution >= 0.6 is 22.7 Å². The number of rotatable bonds is 52. The first-order chi connectivity index (χ1) is 67.8. The second kappa shape index (κ2) is 48.9. The van der Waals surface area contributed by atoms with Crippen LogP contribution in [-0.2, 0) is 36.5 Å². The van der Waals surface area contributed by atoms with Crippen molar-refractivity contribution in [2.75, 3.05) is 26.4 Å². The minimum atomic E-state index is -0.957. The van der Waals surface area contributed by atoms with Crippen LogP contribution in [0.15, 0.2) is 216 Å². The molecule has 0 fully saturated rings. The molecule has 0 aliphatic heterocycles. The average molecular weight is 1870 g/mol. The van der Waals surface area contributed by atoms with Gasteiger partial charge in [0.1, 0.15) is 58.4 Å². The van der Waals surface area contributed by atoms with Crippen molar-refractivity contribution in [1.29, 1.82) is 21.0 Å². The number of hydrogen-bond acceptors (Lipinski definition) is 12. The van der Waals surface area contributed by atoms with Gasteiger partial charge in [-0.3, -0.25) is 9.59 Å². The van der Waals surface area contributed by atoms with E-state index in [0.29, 0.717) is 71.0 Å². The van der Waals surface area contributed by atoms with Crippen LogP contribution in [0.5, 0.6) is 23.0 Å². The Morgan fingerprint density at radius 3 is 0.826 bits per heavy atom. The van der Waals surface area contributed by atoms with E-state index in [2.05, 4.69) is 225 Å². The highest BCUT2D eigenvalue weighted by Gasteiger charge is 2.54. The molecular formula is C126H138N4O6S2. The van der Waals surface area contributed by atoms with Gasteiger partial charge in [0.15, 0.2) is 11.6 Å². The molecule has 4 aliphatic rings. The summed E-state index contributed by atoms with van der Waals surface area (Å²) < 4.78 is 27.0. The number of ketones is 2. The van der Waals surface area contributed by atoms with E-state index in [-0.39, 0.29) is 22.7 Å². The molecule has 0 spiro atoms. The molecule has 0 bridgehead atoms. The molecule has 0 saturated heterocycles. The molecule has 0 N–H and O–H groups in total. The quantitative estimate of drug-likeness (QED) is 0.0203. The van der Waals surface area contributed by atoms with Crippen molar-refractivity contribution in [3.63, 3.8) is 0 Å². The molecule has 12 heteroatoms. The molecule has 0 radical (unpaired) electrons. The molecule has 15 rings (SSSR count). The lowest BCUT2D eigenvalue weighted by molar-refractivity contribution is 0.103. The van der Waals surface area contributed by atoms with Gasteiger partial charge in [0.2, 0.25) is 0 Å². The lowest BCUT2D eigenvalue weighted by Gasteiger charge is -2.35. The van der Waals surface area contributed by atoms with Crippen LogP contribution in [0.3, 0.4) is 0 Å². The first kappa shape index (κ1) is 100. The largest absolute Gasteiger partial charge is 0.494 e. The molecule has 11 aromatic rings. The van der Waals surface area contributed by atoms with E-state index in [4.69, 9.17) is 18.9 Å². The summed E-state index contributed by atoms with van der Waals surface area (Å²) >= 11 is 3.78. The van der Waals surface area contributed by atoms with Crippen molar-refractivity contribution in [2.45, 2.75) is 297 Å². The number of unbranched alkanes of at least 4 members (excludes halogenated alkanes) is 24. The van der Waals surface area contributed by atoms with Crippen molar-refractivity contribution < 1.29 is 28.5 Å². The van der Waals surface area contributed by atoms with Crippen molar-refractivity contribution in [2.24, 2.45) is 0 Å². The molecule has 710 valence electrons. The molecule has 0 saturated carbocycles. The Kier molecular flexibility index (Phi) is 35.5. The van der Waals surface area contributed by atoms with Crippen molar-refractivity contribution >= 4 is 57.5 Å². The van der Waals surface area contributed by atoms with Gasteiger partial charge in [-0.25, -0.2) is 0 Å². The van der Waals surface area contributed by atoms with Gasteiger partial charge in [0.25, 0.3) is 0 Å². The topological polar surface area (TPSA) is 166 Å². The van der Waals surface area contributed by atoms with Gasteiger partial charge < -0.3 is 18.9 Å². The zero-order valence-electron chi connectivity index (χ0n) is 83.0. The number of Topliss-reactive ketones (excluding diaryl/α,β-unsaturated/α-hetero) is 2. The van der Waals surface area contributed by atoms with Crippen LogP contribution in [0.25, 0.3) is 65.1 Å². The summed E-state index contributed by atoms with van der Waals surface area (Å²) in [6.07, 6.45) is 41.3. The summed E-state index contributed by atoms with van der Waals surface area (Å²) in [6, 6.07) is 80.1. The third kappa shape index (κ3) is 21.6. The molecule has 138 heavy (non-hydrogen) atoms. The fourth-order valence-electron chi connectivity index (χ4n) is 21.5. The smallest absolute Gasteiger partial charge is 0.194 e. The minimum absolute atomic E-state index is 0.0712. The normalized spacial score (nSPS) is 13.9. The van der Waals surface area contributed by atoms with E-state index in [1.54, 1.807) is 0 Å². The van der Waals surface area contributed by atoms with Crippen LogP contribution in [0.1, 0.15) is 371 Å². The molecule has 2 aromatic heterocycles. The first-order valence-electron chi connectivity index (χ1n) is 52.4. The summed E-state index contributed by atoms with van der Waals surface area (Å²) in [5.74, 6) is 2.97. The highest BCUT2D eigenvalue weighted by Crippen LogP contribution is 2.67. The van der Waals surface area contributed by atoms with Crippen LogP contribution in [0.4, 0.5) is 0 Å². The average Bonchev–Trinajstić information content (AvgIpc) is 1.50. The highest BCUT2D eigenvalue weighted by molar-refractivity contribution is 7.19. The third-order valence-electron chi connectivity index (χ3n) is 28.9. The predicted molar refractivity (Wildman–Crippen MR) is 571 cm³/mol. The molecule has 0 unspecified atom stereocenters. The summed E-state index contributed by atoms with van der Waals surface area (Å²) in [5, 5.41) is 42.8. The second-order valence-electron chi connectivity index (χ2n) is 38.4. The predicted octanol–water partition coefficient (Wildman–Crippen LogP) is 34.4. The maximum Gasteiger partial charge on any atom is 0.194 e. The number of fused-ring (bicyclic) bond motifs is 8. The van der Waals surface area contributed by atoms with Crippen LogP contribution in [0, 0.1) is 45.3 Å². The number of hydrogen-bond donors (Lipinski definition) is 0. The van der Waals surface area contributed by atoms with E-state index < -0.39 is 10.8 Å². The van der Waals surface area contributed by atoms with Gasteiger partial charge in [-0.2, -0.15) is 21.0 Å². The number of aryl methyl sites for hydroxylation is 4. The summed E-state index contributed by atoms with van der Waals surface area (Å²) in [4.78, 5) is 34.8. The molecule has 9 aromatic carbocycles. The van der Waals surface area contributed by atoms with E-state index in [1.165, 1.54) is 54.3 Å². The van der Waals surface area contributed by atoms with Crippen LogP contribution < -0.4 is 18.9 Å². The monoisotopic (exact) mass is 1870 g/mol. The van der Waals surface area contributed by atoms with Gasteiger partial charge in [-0.05, 0) is 285 Å². The highest BCUT2D eigenvalue weighted by atomic mass is 32.1. The molecule has 0 atom stereocenters. The zero-order chi connectivity index (χ0) is 96.3. The van der Waals surface area contributed by atoms with E-state index in [0.717, 1.165) is 320 Å². The van der Waals surface area contributed by atoms with Crippen molar-refractivity contribution in [3.8, 4) is 89.0 Å². The number of carbonyl (C=O) groups is 2. The number of benzene rings is 9. The number of allylic oxidation sites excluding steroid dienone is 6. The van der Waals surface area contributed by atoms with E-state index >= 15 is 9.59 Å². The number of nitrogens with zero attached hydrogens (tertiary/aromatic N) is 4. The van der Waals surface area contributed by atoms with E-state index in [1.807, 2.05) is 83.4 Å². The van der Waals surface area contributed by atoms with Crippen molar-refractivity contribution in [3.05, 3.63) is 317 Å². The molecule has 4 aliphatic carbocycles. The first-order valence-corrected chi connectivity index (χ1v) is 54.0. The Morgan fingerprint density at radius 2 is 0.551 bits per heavy atom. The Labute approximate surface area is 830 Å². The fraction of sp³-hybridized carbons (Fsp3) is 0.397. The zero-order valence-corrected chi connectivity index (χ0v) is 84.6. The number of carbonyl (C=O) groups excluding carboxylic acids is 2. The van der Waals surface area contributed by atoms with Gasteiger partial charge in [-0.15, -0.1) is 22.7 Å². The number of thiophene rings is 2. The Morgan fingerprint density at radius 1 is 0.283 bits per heavy atom. The standard InChI is InChI=1S/C126H138N4O6S2/c1-9-17-25-33-45-87-75-107(89(47-35-27-19-11-3)73-91(87)77-111-119(93(83-127)84-128)103-49-37-39-51-105(103)121(111)131)117-81-115-123(137-117)109-79-114-110(80-113(109)125(115,95-53-61-99(62-54-95)133-69-41-29-21-13-5)96-55-63-100(64-56-96)134-70-42-30-22-14-6)124-116(126(114,97-57-65-101(66-58-97)135-71-43-31-23-15-7)98-59-67-102(68-60-98)136-72-44-32-24-16-8)82-118(138-124)108-76-88(46-34-26-18-10-2)92(74-90(108)48-36-28-20-12-4)78-112-120(94(85-129)86-130)104-50-38-40-52-106(104)122(112)132/h37-40,49-68,73-82H,9-36,41-48,69-72H2,1-8H3/b111-77-,112-78-. The summed E-state index contributed by atoms with van der Waals surface area (Å²) in [7, 11) is 0. The second-order valence-corrected chi connectivity index (χ2v) is 40.5. The lowest BCUT2D eigenvalue weighted by atomic mass is 9.66. The van der Waals surface area contributed by atoms with Gasteiger partial charge in [0.05, 0.1) is 37.3 Å². The van der Waals surface area contributed by atoms with Gasteiger partial charge in [-0.1, -0.05) is 319 Å². The number of ether oxygens (including phenoxy) is 4. The third-order valence-corrected chi connectivity index (χ3v) is 31.3. The van der Waals surface area contributed by atoms with E-state index in [9.17, 15) is 21.0 Å². The number of nitriles is 4.